The predicted octanol–water partition coefficient (Wildman–Crippen LogP) is 3.61. The van der Waals surface area contributed by atoms with Crippen molar-refractivity contribution in [2.75, 3.05) is 4.90 Å². The molecule has 2 aromatic carbocycles. The number of rotatable bonds is 3. The molecule has 2 heterocycles. The van der Waals surface area contributed by atoms with Crippen LogP contribution in [0.15, 0.2) is 60.2 Å². The first kappa shape index (κ1) is 20.1. The van der Waals surface area contributed by atoms with Gasteiger partial charge < -0.3 is 9.67 Å². The third-order valence-electron chi connectivity index (χ3n) is 5.08. The number of urea groups is 1. The van der Waals surface area contributed by atoms with Crippen LogP contribution in [0.5, 0.6) is 5.75 Å². The summed E-state index contributed by atoms with van der Waals surface area (Å²) in [6.07, 6.45) is 1.40. The van der Waals surface area contributed by atoms with Crippen molar-refractivity contribution in [1.82, 2.24) is 9.88 Å². The minimum Gasteiger partial charge on any atom is -0.506 e. The smallest absolute Gasteiger partial charge is 0.335 e. The second-order valence-electron chi connectivity index (χ2n) is 7.08. The van der Waals surface area contributed by atoms with E-state index in [-0.39, 0.29) is 17.0 Å². The van der Waals surface area contributed by atoms with E-state index in [0.717, 1.165) is 22.7 Å². The van der Waals surface area contributed by atoms with Gasteiger partial charge in [0.25, 0.3) is 11.8 Å². The van der Waals surface area contributed by atoms with Crippen molar-refractivity contribution in [3.05, 3.63) is 82.9 Å². The summed E-state index contributed by atoms with van der Waals surface area (Å²) in [7, 11) is 0. The van der Waals surface area contributed by atoms with Gasteiger partial charge in [-0.15, -0.1) is 0 Å². The molecule has 8 heteroatoms. The second-order valence-corrected chi connectivity index (χ2v) is 7.08. The van der Waals surface area contributed by atoms with Crippen LogP contribution in [0.25, 0.3) is 11.8 Å². The fourth-order valence-electron chi connectivity index (χ4n) is 3.60. The van der Waals surface area contributed by atoms with E-state index >= 15 is 0 Å². The summed E-state index contributed by atoms with van der Waals surface area (Å²) in [6.45, 7) is 3.62. The molecule has 7 nitrogen and oxygen atoms in total. The number of halogens is 1. The van der Waals surface area contributed by atoms with Gasteiger partial charge in [0.2, 0.25) is 0 Å². The zero-order valence-corrected chi connectivity index (χ0v) is 16.7. The number of hydrogen-bond donors (Lipinski definition) is 2. The molecule has 0 aliphatic carbocycles. The second kappa shape index (κ2) is 7.56. The lowest BCUT2D eigenvalue weighted by Gasteiger charge is -2.26. The van der Waals surface area contributed by atoms with Crippen molar-refractivity contribution >= 4 is 29.6 Å². The van der Waals surface area contributed by atoms with Crippen LogP contribution in [0.2, 0.25) is 0 Å². The Bertz CT molecular complexity index is 1260. The predicted molar refractivity (Wildman–Crippen MR) is 112 cm³/mol. The Morgan fingerprint density at radius 2 is 1.68 bits per heavy atom. The number of aromatic nitrogens is 1. The van der Waals surface area contributed by atoms with E-state index in [1.807, 2.05) is 6.92 Å². The van der Waals surface area contributed by atoms with Gasteiger partial charge in [-0.2, -0.15) is 0 Å². The van der Waals surface area contributed by atoms with Gasteiger partial charge in [0.1, 0.15) is 17.1 Å². The number of carbonyl (C=O) groups excluding carboxylic acids is 3. The van der Waals surface area contributed by atoms with E-state index in [1.165, 1.54) is 18.2 Å². The number of amides is 4. The Morgan fingerprint density at radius 1 is 1.00 bits per heavy atom. The first-order chi connectivity index (χ1) is 14.8. The Hall–Kier alpha value is -4.20. The molecular formula is C23H18FN3O4. The molecule has 3 aromatic rings. The number of para-hydroxylation sites is 2. The third-order valence-corrected chi connectivity index (χ3v) is 5.08. The van der Waals surface area contributed by atoms with Crippen LogP contribution in [0.3, 0.4) is 0 Å². The van der Waals surface area contributed by atoms with Crippen molar-refractivity contribution in [3.63, 3.8) is 0 Å². The summed E-state index contributed by atoms with van der Waals surface area (Å²) < 4.78 is 15.0. The van der Waals surface area contributed by atoms with Crippen molar-refractivity contribution in [2.45, 2.75) is 13.8 Å². The molecule has 1 saturated heterocycles. The average molecular weight is 419 g/mol. The van der Waals surface area contributed by atoms with Crippen molar-refractivity contribution in [2.24, 2.45) is 0 Å². The molecule has 31 heavy (non-hydrogen) atoms. The molecule has 156 valence electrons. The Kier molecular flexibility index (Phi) is 4.90. The van der Waals surface area contributed by atoms with E-state index in [2.05, 4.69) is 5.32 Å². The Morgan fingerprint density at radius 3 is 2.35 bits per heavy atom. The number of benzene rings is 2. The van der Waals surface area contributed by atoms with Gasteiger partial charge in [-0.25, -0.2) is 14.1 Å². The number of hydrogen-bond acceptors (Lipinski definition) is 4. The summed E-state index contributed by atoms with van der Waals surface area (Å²) in [5, 5.41) is 12.4. The molecule has 1 fully saturated rings. The lowest BCUT2D eigenvalue weighted by Crippen LogP contribution is -2.54. The summed E-state index contributed by atoms with van der Waals surface area (Å²) in [5.74, 6) is -2.06. The van der Waals surface area contributed by atoms with Gasteiger partial charge in [-0.3, -0.25) is 14.9 Å². The summed E-state index contributed by atoms with van der Waals surface area (Å²) in [6, 6.07) is 12.5. The Balaban J connectivity index is 1.77. The number of nitrogens with one attached hydrogen (secondary N) is 1. The first-order valence-electron chi connectivity index (χ1n) is 9.42. The van der Waals surface area contributed by atoms with Gasteiger partial charge in [0, 0.05) is 11.4 Å². The molecule has 0 spiro atoms. The Labute approximate surface area is 177 Å². The molecule has 0 bridgehead atoms. The van der Waals surface area contributed by atoms with Crippen LogP contribution in [0, 0.1) is 19.7 Å². The molecule has 0 unspecified atom stereocenters. The van der Waals surface area contributed by atoms with Crippen LogP contribution in [-0.2, 0) is 9.59 Å². The van der Waals surface area contributed by atoms with Gasteiger partial charge in [-0.1, -0.05) is 12.1 Å². The molecule has 4 rings (SSSR count). The summed E-state index contributed by atoms with van der Waals surface area (Å²) in [4.78, 5) is 38.5. The highest BCUT2D eigenvalue weighted by Gasteiger charge is 2.37. The first-order valence-corrected chi connectivity index (χ1v) is 9.42. The van der Waals surface area contributed by atoms with Gasteiger partial charge in [0.05, 0.1) is 11.4 Å². The van der Waals surface area contributed by atoms with Crippen LogP contribution in [0.1, 0.15) is 17.0 Å². The van der Waals surface area contributed by atoms with Crippen molar-refractivity contribution in [3.8, 4) is 11.4 Å². The molecule has 2 N–H and O–H groups in total. The lowest BCUT2D eigenvalue weighted by atomic mass is 10.1. The maximum absolute atomic E-state index is 13.2. The number of carbonyl (C=O) groups is 3. The number of aromatic hydroxyl groups is 1. The molecular weight excluding hydrogens is 401 g/mol. The van der Waals surface area contributed by atoms with Crippen molar-refractivity contribution in [1.29, 1.82) is 0 Å². The van der Waals surface area contributed by atoms with Crippen LogP contribution >= 0.6 is 0 Å². The topological polar surface area (TPSA) is 91.6 Å². The maximum Gasteiger partial charge on any atom is 0.335 e. The number of phenolic OH excluding ortho intramolecular Hbond substituents is 1. The molecule has 4 amide bonds. The van der Waals surface area contributed by atoms with Crippen LogP contribution in [-0.4, -0.2) is 27.5 Å². The van der Waals surface area contributed by atoms with Crippen LogP contribution in [0.4, 0.5) is 14.9 Å². The monoisotopic (exact) mass is 419 g/mol. The highest BCUT2D eigenvalue weighted by atomic mass is 19.1. The number of aryl methyl sites for hydroxylation is 1. The molecule has 0 radical (unpaired) electrons. The fraction of sp³-hybridized carbons (Fsp3) is 0.0870. The number of imide groups is 2. The van der Waals surface area contributed by atoms with E-state index < -0.39 is 23.7 Å². The van der Waals surface area contributed by atoms with E-state index in [1.54, 1.807) is 41.8 Å². The zero-order valence-electron chi connectivity index (χ0n) is 16.7. The molecule has 1 aromatic heterocycles. The molecule has 0 saturated carbocycles. The minimum atomic E-state index is -0.904. The average Bonchev–Trinajstić information content (AvgIpc) is 3.00. The zero-order chi connectivity index (χ0) is 22.3. The standard InChI is InChI=1S/C23H18FN3O4/c1-13-11-15(14(2)26(13)19-5-3-4-6-20(19)28)12-18-21(29)25-23(31)27(22(18)30)17-9-7-16(24)8-10-17/h3-12,28H,1-2H3,(H,25,29,31)/b18-12+. The van der Waals surface area contributed by atoms with E-state index in [0.29, 0.717) is 16.9 Å². The highest BCUT2D eigenvalue weighted by molar-refractivity contribution is 6.39. The van der Waals surface area contributed by atoms with Gasteiger partial charge in [0.15, 0.2) is 0 Å². The highest BCUT2D eigenvalue weighted by Crippen LogP contribution is 2.29. The van der Waals surface area contributed by atoms with Gasteiger partial charge >= 0.3 is 6.03 Å². The maximum atomic E-state index is 13.2. The largest absolute Gasteiger partial charge is 0.506 e. The molecule has 0 atom stereocenters. The van der Waals surface area contributed by atoms with Crippen LogP contribution < -0.4 is 10.2 Å². The van der Waals surface area contributed by atoms with Gasteiger partial charge in [-0.05, 0) is 68.0 Å². The van der Waals surface area contributed by atoms with E-state index in [9.17, 15) is 23.9 Å². The quantitative estimate of drug-likeness (QED) is 0.501. The third kappa shape index (κ3) is 3.48. The summed E-state index contributed by atoms with van der Waals surface area (Å²) >= 11 is 0. The molecule has 1 aliphatic rings. The number of barbiturate groups is 1. The SMILES string of the molecule is Cc1cc(/C=C2\C(=O)NC(=O)N(c3ccc(F)cc3)C2=O)c(C)n1-c1ccccc1O. The molecule has 1 aliphatic heterocycles. The number of phenols is 1. The fourth-order valence-corrected chi connectivity index (χ4v) is 3.60. The normalized spacial score (nSPS) is 15.5. The lowest BCUT2D eigenvalue weighted by molar-refractivity contribution is -0.122. The number of anilines is 1. The summed E-state index contributed by atoms with van der Waals surface area (Å²) in [5.41, 5.74) is 2.51. The van der Waals surface area contributed by atoms with E-state index in [4.69, 9.17) is 0 Å². The van der Waals surface area contributed by atoms with Crippen molar-refractivity contribution < 1.29 is 23.9 Å². The number of nitrogens with zero attached hydrogens (tertiary/aromatic N) is 2. The minimum absolute atomic E-state index is 0.0862.